The van der Waals surface area contributed by atoms with Crippen LogP contribution in [-0.4, -0.2) is 22.9 Å². The number of methoxy groups -OCH3 is 1. The lowest BCUT2D eigenvalue weighted by Gasteiger charge is -2.05. The molecule has 3 nitrogen and oxygen atoms in total. The van der Waals surface area contributed by atoms with Crippen LogP contribution in [-0.2, 0) is 10.8 Å². The van der Waals surface area contributed by atoms with Gasteiger partial charge in [-0.05, 0) is 42.5 Å². The van der Waals surface area contributed by atoms with Crippen LogP contribution in [0, 0.1) is 5.82 Å². The van der Waals surface area contributed by atoms with Crippen LogP contribution in [0.2, 0.25) is 5.02 Å². The number of ether oxygens (including phenoxy) is 1. The number of hydrogen-bond acceptors (Lipinski definition) is 3. The molecule has 0 fully saturated rings. The zero-order chi connectivity index (χ0) is 15.4. The Kier molecular flexibility index (Phi) is 5.09. The van der Waals surface area contributed by atoms with E-state index in [1.807, 2.05) is 0 Å². The summed E-state index contributed by atoms with van der Waals surface area (Å²) in [6.45, 7) is 0. The predicted octanol–water partition coefficient (Wildman–Crippen LogP) is 3.48. The van der Waals surface area contributed by atoms with E-state index in [4.69, 9.17) is 16.3 Å². The van der Waals surface area contributed by atoms with E-state index in [1.165, 1.54) is 19.2 Å². The number of rotatable bonds is 5. The van der Waals surface area contributed by atoms with Gasteiger partial charge in [-0.1, -0.05) is 11.6 Å². The molecule has 0 saturated carbocycles. The van der Waals surface area contributed by atoms with Gasteiger partial charge in [0.25, 0.3) is 0 Å². The molecule has 0 saturated heterocycles. The standard InChI is InChI=1S/C15H12ClFO3S/c1-20-15-7-2-10(8-13(15)17)14(18)9-21(19)12-5-3-11(16)4-6-12/h2-8H,9H2,1H3. The van der Waals surface area contributed by atoms with E-state index in [0.717, 1.165) is 6.07 Å². The number of carbonyl (C=O) groups excluding carboxylic acids is 1. The first-order valence-corrected chi connectivity index (χ1v) is 7.71. The molecule has 110 valence electrons. The molecule has 1 unspecified atom stereocenters. The predicted molar refractivity (Wildman–Crippen MR) is 80.0 cm³/mol. The minimum Gasteiger partial charge on any atom is -0.494 e. The molecule has 21 heavy (non-hydrogen) atoms. The minimum absolute atomic E-state index is 0.0605. The Hall–Kier alpha value is -1.72. The molecule has 0 heterocycles. The largest absolute Gasteiger partial charge is 0.494 e. The molecule has 0 radical (unpaired) electrons. The first-order chi connectivity index (χ1) is 10.0. The van der Waals surface area contributed by atoms with Crippen LogP contribution in [0.5, 0.6) is 5.75 Å². The summed E-state index contributed by atoms with van der Waals surface area (Å²) in [5, 5.41) is 0.527. The van der Waals surface area contributed by atoms with Gasteiger partial charge in [0.15, 0.2) is 17.3 Å². The topological polar surface area (TPSA) is 43.4 Å². The Morgan fingerprint density at radius 3 is 2.48 bits per heavy atom. The van der Waals surface area contributed by atoms with E-state index in [-0.39, 0.29) is 17.1 Å². The maximum atomic E-state index is 13.5. The minimum atomic E-state index is -1.50. The summed E-state index contributed by atoms with van der Waals surface area (Å²) < 4.78 is 30.4. The smallest absolute Gasteiger partial charge is 0.175 e. The van der Waals surface area contributed by atoms with E-state index >= 15 is 0 Å². The van der Waals surface area contributed by atoms with Gasteiger partial charge in [0.05, 0.1) is 23.7 Å². The van der Waals surface area contributed by atoms with Crippen LogP contribution in [0.1, 0.15) is 10.4 Å². The highest BCUT2D eigenvalue weighted by Crippen LogP contribution is 2.19. The molecule has 0 amide bonds. The molecule has 2 rings (SSSR count). The van der Waals surface area contributed by atoms with Crippen molar-refractivity contribution in [2.45, 2.75) is 4.90 Å². The molecular weight excluding hydrogens is 315 g/mol. The maximum Gasteiger partial charge on any atom is 0.175 e. The average Bonchev–Trinajstić information content (AvgIpc) is 2.47. The van der Waals surface area contributed by atoms with Gasteiger partial charge in [-0.3, -0.25) is 9.00 Å². The monoisotopic (exact) mass is 326 g/mol. The summed E-state index contributed by atoms with van der Waals surface area (Å²) in [5.74, 6) is -1.18. The second-order valence-corrected chi connectivity index (χ2v) is 6.10. The molecule has 2 aromatic carbocycles. The first-order valence-electron chi connectivity index (χ1n) is 6.02. The van der Waals surface area contributed by atoms with Crippen molar-refractivity contribution in [1.82, 2.24) is 0 Å². The van der Waals surface area contributed by atoms with Gasteiger partial charge in [-0.2, -0.15) is 0 Å². The maximum absolute atomic E-state index is 13.5. The summed E-state index contributed by atoms with van der Waals surface area (Å²) in [6, 6.07) is 10.3. The Balaban J connectivity index is 2.12. The van der Waals surface area contributed by atoms with E-state index in [0.29, 0.717) is 9.92 Å². The lowest BCUT2D eigenvalue weighted by Crippen LogP contribution is -2.11. The third-order valence-electron chi connectivity index (χ3n) is 2.81. The van der Waals surface area contributed by atoms with E-state index in [2.05, 4.69) is 0 Å². The number of benzene rings is 2. The second kappa shape index (κ2) is 6.83. The van der Waals surface area contributed by atoms with Gasteiger partial charge in [-0.15, -0.1) is 0 Å². The Morgan fingerprint density at radius 1 is 1.24 bits per heavy atom. The quantitative estimate of drug-likeness (QED) is 0.790. The van der Waals surface area contributed by atoms with Crippen molar-refractivity contribution in [1.29, 1.82) is 0 Å². The third kappa shape index (κ3) is 3.89. The Morgan fingerprint density at radius 2 is 1.90 bits per heavy atom. The molecule has 0 aromatic heterocycles. The fourth-order valence-electron chi connectivity index (χ4n) is 1.71. The number of halogens is 2. The van der Waals surface area contributed by atoms with Crippen molar-refractivity contribution in [2.24, 2.45) is 0 Å². The van der Waals surface area contributed by atoms with E-state index in [1.54, 1.807) is 24.3 Å². The van der Waals surface area contributed by atoms with Crippen molar-refractivity contribution in [3.8, 4) is 5.75 Å². The first kappa shape index (κ1) is 15.7. The van der Waals surface area contributed by atoms with Crippen LogP contribution in [0.15, 0.2) is 47.4 Å². The number of Topliss-reactive ketones (excluding diaryl/α,β-unsaturated/α-hetero) is 1. The fourth-order valence-corrected chi connectivity index (χ4v) is 2.85. The van der Waals surface area contributed by atoms with Gasteiger partial charge >= 0.3 is 0 Å². The van der Waals surface area contributed by atoms with Crippen LogP contribution < -0.4 is 4.74 Å². The zero-order valence-corrected chi connectivity index (χ0v) is 12.7. The van der Waals surface area contributed by atoms with Crippen molar-refractivity contribution < 1.29 is 18.1 Å². The summed E-state index contributed by atoms with van der Waals surface area (Å²) in [6.07, 6.45) is 0. The van der Waals surface area contributed by atoms with Gasteiger partial charge in [0.2, 0.25) is 0 Å². The van der Waals surface area contributed by atoms with Gasteiger partial charge in [-0.25, -0.2) is 4.39 Å². The van der Waals surface area contributed by atoms with Crippen LogP contribution in [0.25, 0.3) is 0 Å². The molecular formula is C15H12ClFO3S. The molecule has 6 heteroatoms. The van der Waals surface area contributed by atoms with Gasteiger partial charge in [0, 0.05) is 15.5 Å². The third-order valence-corrected chi connectivity index (χ3v) is 4.39. The SMILES string of the molecule is COc1ccc(C(=O)CS(=O)c2ccc(Cl)cc2)cc1F. The lowest BCUT2D eigenvalue weighted by molar-refractivity contribution is 0.102. The zero-order valence-electron chi connectivity index (χ0n) is 11.1. The Labute approximate surface area is 129 Å². The van der Waals surface area contributed by atoms with Crippen LogP contribution >= 0.6 is 11.6 Å². The van der Waals surface area contributed by atoms with Crippen molar-refractivity contribution >= 4 is 28.2 Å². The number of ketones is 1. The normalized spacial score (nSPS) is 12.0. The molecule has 1 atom stereocenters. The summed E-state index contributed by atoms with van der Waals surface area (Å²) >= 11 is 5.74. The lowest BCUT2D eigenvalue weighted by atomic mass is 10.1. The number of carbonyl (C=O) groups is 1. The summed E-state index contributed by atoms with van der Waals surface area (Å²) in [7, 11) is -0.155. The Bertz CT molecular complexity index is 686. The van der Waals surface area contributed by atoms with Gasteiger partial charge in [0.1, 0.15) is 0 Å². The van der Waals surface area contributed by atoms with Gasteiger partial charge < -0.3 is 4.74 Å². The van der Waals surface area contributed by atoms with Crippen LogP contribution in [0.4, 0.5) is 4.39 Å². The molecule has 2 aromatic rings. The summed E-state index contributed by atoms with van der Waals surface area (Å²) in [5.41, 5.74) is 0.163. The molecule has 0 aliphatic rings. The molecule has 0 N–H and O–H groups in total. The van der Waals surface area contributed by atoms with Crippen molar-refractivity contribution in [3.05, 3.63) is 58.9 Å². The second-order valence-electron chi connectivity index (χ2n) is 4.22. The summed E-state index contributed by atoms with van der Waals surface area (Å²) in [4.78, 5) is 12.5. The highest BCUT2D eigenvalue weighted by Gasteiger charge is 2.14. The number of hydrogen-bond donors (Lipinski definition) is 0. The molecule has 0 aliphatic carbocycles. The molecule has 0 spiro atoms. The highest BCUT2D eigenvalue weighted by atomic mass is 35.5. The fraction of sp³-hybridized carbons (Fsp3) is 0.133. The average molecular weight is 327 g/mol. The van der Waals surface area contributed by atoms with E-state index in [9.17, 15) is 13.4 Å². The van der Waals surface area contributed by atoms with Crippen molar-refractivity contribution in [2.75, 3.05) is 12.9 Å². The molecule has 0 aliphatic heterocycles. The highest BCUT2D eigenvalue weighted by molar-refractivity contribution is 7.85. The van der Waals surface area contributed by atoms with E-state index < -0.39 is 22.4 Å². The van der Waals surface area contributed by atoms with Crippen molar-refractivity contribution in [3.63, 3.8) is 0 Å². The van der Waals surface area contributed by atoms with Crippen LogP contribution in [0.3, 0.4) is 0 Å². The molecule has 0 bridgehead atoms.